The Morgan fingerprint density at radius 2 is 2.00 bits per heavy atom. The van der Waals surface area contributed by atoms with Gasteiger partial charge < -0.3 is 5.73 Å². The highest BCUT2D eigenvalue weighted by Gasteiger charge is 2.10. The van der Waals surface area contributed by atoms with Crippen molar-refractivity contribution >= 4 is 5.91 Å². The zero-order valence-corrected chi connectivity index (χ0v) is 8.64. The van der Waals surface area contributed by atoms with Crippen LogP contribution in [0.5, 0.6) is 0 Å². The second-order valence-electron chi connectivity index (χ2n) is 3.45. The number of carbonyl (C=O) groups excluding carboxylic acids is 1. The number of halogens is 1. The average Bonchev–Trinajstić information content (AvgIpc) is 2.61. The number of carbonyl (C=O) groups is 1. The molecule has 0 unspecified atom stereocenters. The fourth-order valence-electron chi connectivity index (χ4n) is 1.43. The summed E-state index contributed by atoms with van der Waals surface area (Å²) in [4.78, 5) is 11.0. The first kappa shape index (κ1) is 10.4. The van der Waals surface area contributed by atoms with Gasteiger partial charge in [-0.25, -0.2) is 9.07 Å². The topological polar surface area (TPSA) is 60.9 Å². The van der Waals surface area contributed by atoms with Crippen LogP contribution in [0.3, 0.4) is 0 Å². The van der Waals surface area contributed by atoms with E-state index >= 15 is 0 Å². The Bertz CT molecular complexity index is 531. The second kappa shape index (κ2) is 3.77. The van der Waals surface area contributed by atoms with E-state index in [2.05, 4.69) is 5.10 Å². The summed E-state index contributed by atoms with van der Waals surface area (Å²) in [5.74, 6) is -0.888. The lowest BCUT2D eigenvalue weighted by Gasteiger charge is -1.99. The van der Waals surface area contributed by atoms with E-state index in [1.54, 1.807) is 25.3 Å². The molecule has 0 spiro atoms. The number of primary amides is 1. The van der Waals surface area contributed by atoms with E-state index in [0.29, 0.717) is 11.3 Å². The summed E-state index contributed by atoms with van der Waals surface area (Å²) in [5, 5.41) is 4.03. The predicted molar refractivity (Wildman–Crippen MR) is 56.8 cm³/mol. The van der Waals surface area contributed by atoms with Gasteiger partial charge in [-0.3, -0.25) is 4.79 Å². The van der Waals surface area contributed by atoms with Gasteiger partial charge in [0, 0.05) is 11.8 Å². The van der Waals surface area contributed by atoms with E-state index in [-0.39, 0.29) is 11.5 Å². The Morgan fingerprint density at radius 1 is 1.38 bits per heavy atom. The summed E-state index contributed by atoms with van der Waals surface area (Å²) in [6, 6.07) is 5.81. The SMILES string of the molecule is Cc1cn(-c2ccc(F)cc2)nc1C(N)=O. The van der Waals surface area contributed by atoms with E-state index < -0.39 is 5.91 Å². The zero-order chi connectivity index (χ0) is 11.7. The second-order valence-corrected chi connectivity index (χ2v) is 3.45. The number of nitrogens with zero attached hydrogens (tertiary/aromatic N) is 2. The van der Waals surface area contributed by atoms with Gasteiger partial charge in [0.05, 0.1) is 5.69 Å². The van der Waals surface area contributed by atoms with Crippen LogP contribution in [-0.2, 0) is 0 Å². The minimum absolute atomic E-state index is 0.226. The fourth-order valence-corrected chi connectivity index (χ4v) is 1.43. The quantitative estimate of drug-likeness (QED) is 0.830. The number of amides is 1. The molecule has 4 nitrogen and oxygen atoms in total. The standard InChI is InChI=1S/C11H10FN3O/c1-7-6-15(14-10(7)11(13)16)9-4-2-8(12)3-5-9/h2-6H,1H3,(H2,13,16). The van der Waals surface area contributed by atoms with Crippen molar-refractivity contribution in [3.05, 3.63) is 47.5 Å². The van der Waals surface area contributed by atoms with Crippen molar-refractivity contribution in [2.45, 2.75) is 6.92 Å². The molecule has 2 aromatic rings. The third-order valence-corrected chi connectivity index (χ3v) is 2.22. The van der Waals surface area contributed by atoms with Crippen molar-refractivity contribution in [3.63, 3.8) is 0 Å². The maximum atomic E-state index is 12.7. The Balaban J connectivity index is 2.45. The van der Waals surface area contributed by atoms with Crippen LogP contribution in [0.2, 0.25) is 0 Å². The summed E-state index contributed by atoms with van der Waals surface area (Å²) in [6.07, 6.45) is 1.67. The predicted octanol–water partition coefficient (Wildman–Crippen LogP) is 1.42. The zero-order valence-electron chi connectivity index (χ0n) is 8.64. The van der Waals surface area contributed by atoms with Crippen molar-refractivity contribution in [1.82, 2.24) is 9.78 Å². The summed E-state index contributed by atoms with van der Waals surface area (Å²) in [7, 11) is 0. The van der Waals surface area contributed by atoms with Crippen LogP contribution in [0.15, 0.2) is 30.5 Å². The Labute approximate surface area is 91.5 Å². The van der Waals surface area contributed by atoms with E-state index in [1.807, 2.05) is 0 Å². The van der Waals surface area contributed by atoms with E-state index in [1.165, 1.54) is 16.8 Å². The Kier molecular flexibility index (Phi) is 2.44. The van der Waals surface area contributed by atoms with Gasteiger partial charge >= 0.3 is 0 Å². The highest BCUT2D eigenvalue weighted by atomic mass is 19.1. The minimum Gasteiger partial charge on any atom is -0.364 e. The summed E-state index contributed by atoms with van der Waals surface area (Å²) in [6.45, 7) is 1.74. The summed E-state index contributed by atoms with van der Waals surface area (Å²) < 4.78 is 14.2. The third-order valence-electron chi connectivity index (χ3n) is 2.22. The number of nitrogens with two attached hydrogens (primary N) is 1. The smallest absolute Gasteiger partial charge is 0.269 e. The molecule has 16 heavy (non-hydrogen) atoms. The van der Waals surface area contributed by atoms with Crippen LogP contribution in [0.4, 0.5) is 4.39 Å². The van der Waals surface area contributed by atoms with Gasteiger partial charge in [0.25, 0.3) is 5.91 Å². The molecule has 0 fully saturated rings. The average molecular weight is 219 g/mol. The van der Waals surface area contributed by atoms with Crippen LogP contribution < -0.4 is 5.73 Å². The fraction of sp³-hybridized carbons (Fsp3) is 0.0909. The lowest BCUT2D eigenvalue weighted by atomic mass is 10.3. The lowest BCUT2D eigenvalue weighted by Crippen LogP contribution is -2.13. The largest absolute Gasteiger partial charge is 0.364 e. The van der Waals surface area contributed by atoms with Gasteiger partial charge in [0.15, 0.2) is 5.69 Å². The van der Waals surface area contributed by atoms with Crippen molar-refractivity contribution in [2.24, 2.45) is 5.73 Å². The summed E-state index contributed by atoms with van der Waals surface area (Å²) >= 11 is 0. The van der Waals surface area contributed by atoms with Crippen LogP contribution in [-0.4, -0.2) is 15.7 Å². The van der Waals surface area contributed by atoms with Crippen molar-refractivity contribution in [1.29, 1.82) is 0 Å². The highest BCUT2D eigenvalue weighted by molar-refractivity contribution is 5.92. The molecule has 0 bridgehead atoms. The first-order valence-corrected chi connectivity index (χ1v) is 4.70. The van der Waals surface area contributed by atoms with E-state index in [0.717, 1.165) is 0 Å². The van der Waals surface area contributed by atoms with E-state index in [9.17, 15) is 9.18 Å². The molecule has 2 rings (SSSR count). The summed E-state index contributed by atoms with van der Waals surface area (Å²) in [5.41, 5.74) is 6.75. The number of aromatic nitrogens is 2. The maximum Gasteiger partial charge on any atom is 0.269 e. The van der Waals surface area contributed by atoms with Crippen molar-refractivity contribution in [2.75, 3.05) is 0 Å². The van der Waals surface area contributed by atoms with Crippen LogP contribution in [0.1, 0.15) is 16.1 Å². The molecule has 5 heteroatoms. The van der Waals surface area contributed by atoms with Crippen LogP contribution >= 0.6 is 0 Å². The molecule has 1 aromatic heterocycles. The van der Waals surface area contributed by atoms with Gasteiger partial charge in [-0.1, -0.05) is 0 Å². The first-order chi connectivity index (χ1) is 7.58. The third kappa shape index (κ3) is 1.79. The first-order valence-electron chi connectivity index (χ1n) is 4.70. The molecule has 1 amide bonds. The van der Waals surface area contributed by atoms with Gasteiger partial charge in [-0.2, -0.15) is 5.10 Å². The molecule has 0 radical (unpaired) electrons. The Hall–Kier alpha value is -2.17. The number of benzene rings is 1. The van der Waals surface area contributed by atoms with Gasteiger partial charge in [0.1, 0.15) is 5.82 Å². The lowest BCUT2D eigenvalue weighted by molar-refractivity contribution is 0.0994. The number of rotatable bonds is 2. The van der Waals surface area contributed by atoms with Crippen LogP contribution in [0, 0.1) is 12.7 Å². The molecule has 0 aliphatic rings. The molecular formula is C11H10FN3O. The van der Waals surface area contributed by atoms with Crippen LogP contribution in [0.25, 0.3) is 5.69 Å². The molecule has 82 valence electrons. The highest BCUT2D eigenvalue weighted by Crippen LogP contribution is 2.11. The van der Waals surface area contributed by atoms with Crippen molar-refractivity contribution in [3.8, 4) is 5.69 Å². The molecule has 0 saturated carbocycles. The molecule has 1 aromatic carbocycles. The molecule has 0 aliphatic heterocycles. The van der Waals surface area contributed by atoms with E-state index in [4.69, 9.17) is 5.73 Å². The molecule has 0 aliphatic carbocycles. The number of hydrogen-bond donors (Lipinski definition) is 1. The maximum absolute atomic E-state index is 12.7. The van der Waals surface area contributed by atoms with Gasteiger partial charge in [0.2, 0.25) is 0 Å². The molecule has 2 N–H and O–H groups in total. The molecule has 0 saturated heterocycles. The number of aryl methyl sites for hydroxylation is 1. The molecule has 0 atom stereocenters. The van der Waals surface area contributed by atoms with Gasteiger partial charge in [-0.15, -0.1) is 0 Å². The minimum atomic E-state index is -0.571. The molecule has 1 heterocycles. The molecular weight excluding hydrogens is 209 g/mol. The number of hydrogen-bond acceptors (Lipinski definition) is 2. The van der Waals surface area contributed by atoms with Gasteiger partial charge in [-0.05, 0) is 31.2 Å². The normalized spacial score (nSPS) is 10.4. The monoisotopic (exact) mass is 219 g/mol. The Morgan fingerprint density at radius 3 is 2.50 bits per heavy atom. The van der Waals surface area contributed by atoms with Crippen molar-refractivity contribution < 1.29 is 9.18 Å².